The van der Waals surface area contributed by atoms with Crippen LogP contribution < -0.4 is 5.73 Å². The maximum absolute atomic E-state index is 12.2. The minimum Gasteiger partial charge on any atom is -0.460 e. The van der Waals surface area contributed by atoms with Gasteiger partial charge in [-0.05, 0) is 67.9 Å². The van der Waals surface area contributed by atoms with Crippen molar-refractivity contribution in [3.8, 4) is 6.07 Å². The summed E-state index contributed by atoms with van der Waals surface area (Å²) in [6, 6.07) is 21.8. The molecule has 0 heterocycles. The maximum Gasteiger partial charge on any atom is 0.312 e. The zero-order valence-corrected chi connectivity index (χ0v) is 20.5. The van der Waals surface area contributed by atoms with Crippen molar-refractivity contribution in [1.29, 1.82) is 5.26 Å². The van der Waals surface area contributed by atoms with Gasteiger partial charge in [0, 0.05) is 5.54 Å². The highest BCUT2D eigenvalue weighted by Gasteiger charge is 2.80. The number of nitriles is 1. The third-order valence-electron chi connectivity index (χ3n) is 9.43. The molecule has 0 amide bonds. The van der Waals surface area contributed by atoms with E-state index in [4.69, 9.17) is 20.5 Å². The van der Waals surface area contributed by atoms with Gasteiger partial charge in [-0.2, -0.15) is 5.26 Å². The predicted octanol–water partition coefficient (Wildman–Crippen LogP) is 4.82. The minimum absolute atomic E-state index is 0.0116. The number of ether oxygens (including phenoxy) is 2. The van der Waals surface area contributed by atoms with Gasteiger partial charge in [0.2, 0.25) is 0 Å². The molecule has 0 radical (unpaired) electrons. The monoisotopic (exact) mass is 484 g/mol. The Hall–Kier alpha value is -3.17. The lowest BCUT2D eigenvalue weighted by Crippen LogP contribution is -2.72. The Morgan fingerprint density at radius 2 is 1.17 bits per heavy atom. The molecule has 186 valence electrons. The second-order valence-electron chi connectivity index (χ2n) is 12.1. The third-order valence-corrected chi connectivity index (χ3v) is 9.43. The van der Waals surface area contributed by atoms with Crippen LogP contribution in [0, 0.1) is 33.0 Å². The number of rotatable bonds is 7. The first-order valence-corrected chi connectivity index (χ1v) is 12.9. The molecule has 9 rings (SSSR count). The smallest absolute Gasteiger partial charge is 0.312 e. The molecule has 6 nitrogen and oxygen atoms in total. The van der Waals surface area contributed by atoms with E-state index in [1.165, 1.54) is 0 Å². The molecule has 0 aromatic heterocycles. The zero-order chi connectivity index (χ0) is 25.1. The SMILES string of the molecule is N#CC12CC(C(=O)OCc3ccccc3)(C1)C2.NC1(C23CC(C(=O)OCc4ccccc4)(C2)C3)CC1. The summed E-state index contributed by atoms with van der Waals surface area (Å²) in [6.45, 7) is 0.725. The van der Waals surface area contributed by atoms with Gasteiger partial charge in [0.05, 0.1) is 22.3 Å². The summed E-state index contributed by atoms with van der Waals surface area (Å²) in [6.07, 6.45) is 7.26. The van der Waals surface area contributed by atoms with Crippen LogP contribution in [0.2, 0.25) is 0 Å². The van der Waals surface area contributed by atoms with Gasteiger partial charge in [0.1, 0.15) is 13.2 Å². The number of esters is 2. The van der Waals surface area contributed by atoms with E-state index in [1.54, 1.807) is 0 Å². The summed E-state index contributed by atoms with van der Waals surface area (Å²) < 4.78 is 10.8. The molecular weight excluding hydrogens is 452 g/mol. The summed E-state index contributed by atoms with van der Waals surface area (Å²) in [5, 5.41) is 8.89. The summed E-state index contributed by atoms with van der Waals surface area (Å²) in [5.74, 6) is -0.138. The highest BCUT2D eigenvalue weighted by atomic mass is 16.5. The summed E-state index contributed by atoms with van der Waals surface area (Å²) in [7, 11) is 0. The van der Waals surface area contributed by atoms with Gasteiger partial charge in [0.25, 0.3) is 0 Å². The Balaban J connectivity index is 0.000000134. The number of benzene rings is 2. The van der Waals surface area contributed by atoms with Crippen LogP contribution in [0.4, 0.5) is 0 Å². The highest BCUT2D eigenvalue weighted by Crippen LogP contribution is 2.80. The van der Waals surface area contributed by atoms with Crippen molar-refractivity contribution in [3.63, 3.8) is 0 Å². The fourth-order valence-electron chi connectivity index (χ4n) is 7.07. The van der Waals surface area contributed by atoms with E-state index >= 15 is 0 Å². The summed E-state index contributed by atoms with van der Waals surface area (Å²) in [5.41, 5.74) is 8.02. The third kappa shape index (κ3) is 3.56. The van der Waals surface area contributed by atoms with Crippen LogP contribution in [0.3, 0.4) is 0 Å². The minimum atomic E-state index is -0.315. The van der Waals surface area contributed by atoms with Crippen LogP contribution >= 0.6 is 0 Å². The average molecular weight is 485 g/mol. The van der Waals surface area contributed by atoms with E-state index in [0.29, 0.717) is 37.9 Å². The molecule has 36 heavy (non-hydrogen) atoms. The molecular formula is C30H32N2O4. The number of nitrogens with two attached hydrogens (primary N) is 1. The van der Waals surface area contributed by atoms with Crippen LogP contribution in [-0.4, -0.2) is 17.5 Å². The Morgan fingerprint density at radius 3 is 1.56 bits per heavy atom. The lowest BCUT2D eigenvalue weighted by molar-refractivity contribution is -0.239. The van der Waals surface area contributed by atoms with Crippen molar-refractivity contribution in [3.05, 3.63) is 71.8 Å². The molecule has 7 fully saturated rings. The molecule has 6 heteroatoms. The number of nitrogens with zero attached hydrogens (tertiary/aromatic N) is 1. The molecule has 0 unspecified atom stereocenters. The first kappa shape index (κ1) is 23.2. The van der Waals surface area contributed by atoms with Crippen LogP contribution in [0.15, 0.2) is 60.7 Å². The lowest BCUT2D eigenvalue weighted by atomic mass is 9.32. The Morgan fingerprint density at radius 1 is 0.750 bits per heavy atom. The summed E-state index contributed by atoms with van der Waals surface area (Å²) in [4.78, 5) is 24.1. The van der Waals surface area contributed by atoms with Crippen molar-refractivity contribution >= 4 is 11.9 Å². The van der Waals surface area contributed by atoms with Crippen LogP contribution in [0.1, 0.15) is 62.5 Å². The van der Waals surface area contributed by atoms with Crippen molar-refractivity contribution in [2.75, 3.05) is 0 Å². The van der Waals surface area contributed by atoms with E-state index < -0.39 is 0 Å². The molecule has 7 aliphatic carbocycles. The molecule has 0 saturated heterocycles. The van der Waals surface area contributed by atoms with Crippen LogP contribution in [0.25, 0.3) is 0 Å². The predicted molar refractivity (Wildman–Crippen MR) is 132 cm³/mol. The second-order valence-corrected chi connectivity index (χ2v) is 12.1. The molecule has 0 spiro atoms. The molecule has 0 atom stereocenters. The van der Waals surface area contributed by atoms with Gasteiger partial charge in [-0.15, -0.1) is 0 Å². The molecule has 0 aliphatic heterocycles. The number of hydrogen-bond donors (Lipinski definition) is 1. The molecule has 2 aromatic rings. The fourth-order valence-corrected chi connectivity index (χ4v) is 7.07. The van der Waals surface area contributed by atoms with Gasteiger partial charge < -0.3 is 15.2 Å². The average Bonchev–Trinajstić information content (AvgIpc) is 3.53. The van der Waals surface area contributed by atoms with Crippen molar-refractivity contribution in [2.45, 2.75) is 70.1 Å². The summed E-state index contributed by atoms with van der Waals surface area (Å²) >= 11 is 0. The topological polar surface area (TPSA) is 102 Å². The zero-order valence-electron chi connectivity index (χ0n) is 20.5. The van der Waals surface area contributed by atoms with E-state index in [1.807, 2.05) is 60.7 Å². The van der Waals surface area contributed by atoms with Gasteiger partial charge in [-0.3, -0.25) is 9.59 Å². The number of carbonyl (C=O) groups excluding carboxylic acids is 2. The normalized spacial score (nSPS) is 35.0. The van der Waals surface area contributed by atoms with Crippen molar-refractivity contribution in [2.24, 2.45) is 27.4 Å². The molecule has 4 bridgehead atoms. The second kappa shape index (κ2) is 7.91. The van der Waals surface area contributed by atoms with Crippen molar-refractivity contribution in [1.82, 2.24) is 0 Å². The van der Waals surface area contributed by atoms with E-state index in [9.17, 15) is 9.59 Å². The van der Waals surface area contributed by atoms with E-state index in [-0.39, 0.29) is 33.7 Å². The van der Waals surface area contributed by atoms with Gasteiger partial charge >= 0.3 is 11.9 Å². The Kier molecular flexibility index (Phi) is 5.11. The molecule has 7 saturated carbocycles. The van der Waals surface area contributed by atoms with Crippen LogP contribution in [0.5, 0.6) is 0 Å². The van der Waals surface area contributed by atoms with Gasteiger partial charge in [0.15, 0.2) is 0 Å². The largest absolute Gasteiger partial charge is 0.460 e. The highest BCUT2D eigenvalue weighted by molar-refractivity contribution is 5.82. The fraction of sp³-hybridized carbons (Fsp3) is 0.500. The first-order chi connectivity index (χ1) is 17.3. The van der Waals surface area contributed by atoms with Gasteiger partial charge in [-0.1, -0.05) is 60.7 Å². The van der Waals surface area contributed by atoms with Gasteiger partial charge in [-0.25, -0.2) is 0 Å². The van der Waals surface area contributed by atoms with E-state index in [2.05, 4.69) is 6.07 Å². The quantitative estimate of drug-likeness (QED) is 0.566. The Bertz CT molecular complexity index is 1190. The Labute approximate surface area is 211 Å². The van der Waals surface area contributed by atoms with Crippen molar-refractivity contribution < 1.29 is 19.1 Å². The molecule has 7 aliphatic rings. The number of hydrogen-bond acceptors (Lipinski definition) is 6. The lowest BCUT2D eigenvalue weighted by Gasteiger charge is -2.71. The first-order valence-electron chi connectivity index (χ1n) is 12.9. The standard InChI is InChI=1S/C16H19NO2.C14H13NO2/c17-16(6-7-16)15-9-14(10-15,11-15)13(18)19-8-12-4-2-1-3-5-12;15-10-13-7-14(8-13,9-13)12(16)17-6-11-4-2-1-3-5-11/h1-5H,6-11,17H2;1-5H,6-9H2. The molecule has 2 aromatic carbocycles. The number of carbonyl (C=O) groups is 2. The van der Waals surface area contributed by atoms with Crippen LogP contribution in [-0.2, 0) is 32.3 Å². The van der Waals surface area contributed by atoms with E-state index in [0.717, 1.165) is 43.2 Å². The molecule has 2 N–H and O–H groups in total. The maximum atomic E-state index is 12.2.